The molecule has 0 fully saturated rings. The second-order valence-corrected chi connectivity index (χ2v) is 5.86. The molecule has 2 aromatic heterocycles. The summed E-state index contributed by atoms with van der Waals surface area (Å²) in [5.74, 6) is -2.25. The van der Waals surface area contributed by atoms with Crippen molar-refractivity contribution < 1.29 is 19.8 Å². The van der Waals surface area contributed by atoms with Crippen LogP contribution in [0.25, 0.3) is 22.2 Å². The van der Waals surface area contributed by atoms with Gasteiger partial charge < -0.3 is 20.5 Å². The highest BCUT2D eigenvalue weighted by atomic mass is 79.9. The SMILES string of the molecule is O=C(O)CNC(=O)c1nc(-c2ccccc2)c2[nH]c(Br)cc2c1O. The van der Waals surface area contributed by atoms with Crippen molar-refractivity contribution in [3.05, 3.63) is 46.7 Å². The molecule has 0 aliphatic rings. The number of aliphatic carboxylic acids is 1. The third-order valence-corrected chi connectivity index (χ3v) is 3.81. The van der Waals surface area contributed by atoms with Gasteiger partial charge >= 0.3 is 5.97 Å². The summed E-state index contributed by atoms with van der Waals surface area (Å²) in [5.41, 5.74) is 1.58. The van der Waals surface area contributed by atoms with Crippen molar-refractivity contribution in [1.29, 1.82) is 0 Å². The molecule has 4 N–H and O–H groups in total. The predicted octanol–water partition coefficient (Wildman–Crippen LogP) is 2.51. The average molecular weight is 390 g/mol. The third-order valence-electron chi connectivity index (χ3n) is 3.39. The molecule has 0 bridgehead atoms. The molecule has 3 rings (SSSR count). The Hall–Kier alpha value is -2.87. The first kappa shape index (κ1) is 16.0. The van der Waals surface area contributed by atoms with E-state index in [1.165, 1.54) is 0 Å². The lowest BCUT2D eigenvalue weighted by molar-refractivity contribution is -0.135. The number of aromatic amines is 1. The number of hydrogen-bond acceptors (Lipinski definition) is 4. The Morgan fingerprint density at radius 3 is 2.62 bits per heavy atom. The van der Waals surface area contributed by atoms with Crippen LogP contribution in [0.15, 0.2) is 41.0 Å². The van der Waals surface area contributed by atoms with E-state index in [1.807, 2.05) is 30.3 Å². The Morgan fingerprint density at radius 1 is 1.25 bits per heavy atom. The van der Waals surface area contributed by atoms with E-state index in [0.717, 1.165) is 5.56 Å². The summed E-state index contributed by atoms with van der Waals surface area (Å²) >= 11 is 3.30. The maximum absolute atomic E-state index is 12.2. The van der Waals surface area contributed by atoms with E-state index in [4.69, 9.17) is 5.11 Å². The fourth-order valence-corrected chi connectivity index (χ4v) is 2.77. The number of aromatic nitrogens is 2. The van der Waals surface area contributed by atoms with Gasteiger partial charge in [0.1, 0.15) is 6.54 Å². The van der Waals surface area contributed by atoms with E-state index < -0.39 is 18.4 Å². The van der Waals surface area contributed by atoms with E-state index >= 15 is 0 Å². The van der Waals surface area contributed by atoms with Gasteiger partial charge in [-0.05, 0) is 22.0 Å². The lowest BCUT2D eigenvalue weighted by atomic mass is 10.1. The van der Waals surface area contributed by atoms with Gasteiger partial charge in [0, 0.05) is 10.9 Å². The van der Waals surface area contributed by atoms with Gasteiger partial charge in [0.25, 0.3) is 5.91 Å². The quantitative estimate of drug-likeness (QED) is 0.547. The number of nitrogens with zero attached hydrogens (tertiary/aromatic N) is 1. The molecule has 1 amide bonds. The minimum Gasteiger partial charge on any atom is -0.505 e. The van der Waals surface area contributed by atoms with Crippen LogP contribution < -0.4 is 5.32 Å². The number of amides is 1. The molecule has 3 aromatic rings. The van der Waals surface area contributed by atoms with E-state index in [1.54, 1.807) is 6.07 Å². The number of aromatic hydroxyl groups is 1. The fourth-order valence-electron chi connectivity index (χ4n) is 2.35. The summed E-state index contributed by atoms with van der Waals surface area (Å²) in [6, 6.07) is 10.8. The summed E-state index contributed by atoms with van der Waals surface area (Å²) in [5, 5.41) is 21.7. The molecule has 0 spiro atoms. The standard InChI is InChI=1S/C16H12BrN3O4/c17-10-6-9-13(19-10)12(8-4-2-1-3-5-8)20-14(15(9)23)16(24)18-7-11(21)22/h1-6,19,23H,7H2,(H,18,24)(H,21,22). The molecule has 24 heavy (non-hydrogen) atoms. The van der Waals surface area contributed by atoms with Crippen molar-refractivity contribution in [2.75, 3.05) is 6.54 Å². The Balaban J connectivity index is 2.18. The highest BCUT2D eigenvalue weighted by Gasteiger charge is 2.21. The zero-order valence-electron chi connectivity index (χ0n) is 12.2. The first-order valence-corrected chi connectivity index (χ1v) is 7.73. The van der Waals surface area contributed by atoms with Crippen LogP contribution in [-0.2, 0) is 4.79 Å². The van der Waals surface area contributed by atoms with Crippen LogP contribution >= 0.6 is 15.9 Å². The number of benzene rings is 1. The molecular weight excluding hydrogens is 378 g/mol. The summed E-state index contributed by atoms with van der Waals surface area (Å²) in [7, 11) is 0. The second kappa shape index (κ2) is 6.32. The largest absolute Gasteiger partial charge is 0.505 e. The first-order chi connectivity index (χ1) is 11.5. The molecular formula is C16H12BrN3O4. The number of hydrogen-bond donors (Lipinski definition) is 4. The lowest BCUT2D eigenvalue weighted by Gasteiger charge is -2.09. The maximum atomic E-state index is 12.2. The maximum Gasteiger partial charge on any atom is 0.322 e. The Labute approximate surface area is 144 Å². The number of nitrogens with one attached hydrogen (secondary N) is 2. The van der Waals surface area contributed by atoms with Gasteiger partial charge in [0.2, 0.25) is 0 Å². The van der Waals surface area contributed by atoms with E-state index in [-0.39, 0.29) is 11.4 Å². The predicted molar refractivity (Wildman–Crippen MR) is 90.9 cm³/mol. The molecule has 0 radical (unpaired) electrons. The van der Waals surface area contributed by atoms with Gasteiger partial charge in [-0.2, -0.15) is 0 Å². The van der Waals surface area contributed by atoms with Gasteiger partial charge in [0.15, 0.2) is 11.4 Å². The summed E-state index contributed by atoms with van der Waals surface area (Å²) < 4.78 is 0.620. The highest BCUT2D eigenvalue weighted by molar-refractivity contribution is 9.10. The van der Waals surface area contributed by atoms with Crippen molar-refractivity contribution in [2.45, 2.75) is 0 Å². The number of pyridine rings is 1. The van der Waals surface area contributed by atoms with Crippen LogP contribution in [0.5, 0.6) is 5.75 Å². The molecule has 0 saturated carbocycles. The molecule has 1 aromatic carbocycles. The Morgan fingerprint density at radius 2 is 1.96 bits per heavy atom. The molecule has 0 aliphatic carbocycles. The van der Waals surface area contributed by atoms with Crippen molar-refractivity contribution >= 4 is 38.7 Å². The number of carboxylic acids is 1. The smallest absolute Gasteiger partial charge is 0.322 e. The number of H-pyrrole nitrogens is 1. The normalized spacial score (nSPS) is 10.7. The highest BCUT2D eigenvalue weighted by Crippen LogP contribution is 2.35. The molecule has 2 heterocycles. The van der Waals surface area contributed by atoms with Crippen LogP contribution in [-0.4, -0.2) is 38.6 Å². The van der Waals surface area contributed by atoms with Crippen molar-refractivity contribution in [3.63, 3.8) is 0 Å². The summed E-state index contributed by atoms with van der Waals surface area (Å²) in [6.45, 7) is -0.560. The topological polar surface area (TPSA) is 115 Å². The lowest BCUT2D eigenvalue weighted by Crippen LogP contribution is -2.30. The van der Waals surface area contributed by atoms with E-state index in [2.05, 4.69) is 31.2 Å². The number of halogens is 1. The number of rotatable bonds is 4. The summed E-state index contributed by atoms with van der Waals surface area (Å²) in [6.07, 6.45) is 0. The van der Waals surface area contributed by atoms with Crippen molar-refractivity contribution in [1.82, 2.24) is 15.3 Å². The van der Waals surface area contributed by atoms with Crippen molar-refractivity contribution in [2.24, 2.45) is 0 Å². The third kappa shape index (κ3) is 2.95. The number of carbonyl (C=O) groups is 2. The number of fused-ring (bicyclic) bond motifs is 1. The molecule has 0 aliphatic heterocycles. The second-order valence-electron chi connectivity index (χ2n) is 5.01. The molecule has 0 atom stereocenters. The van der Waals surface area contributed by atoms with Gasteiger partial charge in [0.05, 0.1) is 15.8 Å². The van der Waals surface area contributed by atoms with Crippen LogP contribution in [0.1, 0.15) is 10.5 Å². The van der Waals surface area contributed by atoms with E-state index in [9.17, 15) is 14.7 Å². The number of carboxylic acid groups (broad SMARTS) is 1. The zero-order valence-corrected chi connectivity index (χ0v) is 13.8. The Bertz CT molecular complexity index is 937. The molecule has 0 unspecified atom stereocenters. The molecule has 8 heteroatoms. The fraction of sp³-hybridized carbons (Fsp3) is 0.0625. The molecule has 7 nitrogen and oxygen atoms in total. The monoisotopic (exact) mass is 389 g/mol. The van der Waals surface area contributed by atoms with Gasteiger partial charge in [-0.25, -0.2) is 4.98 Å². The van der Waals surface area contributed by atoms with Crippen molar-refractivity contribution in [3.8, 4) is 17.0 Å². The first-order valence-electron chi connectivity index (χ1n) is 6.94. The molecule has 0 saturated heterocycles. The Kier molecular flexibility index (Phi) is 4.22. The van der Waals surface area contributed by atoms with Gasteiger partial charge in [-0.3, -0.25) is 9.59 Å². The zero-order chi connectivity index (χ0) is 17.3. The minimum absolute atomic E-state index is 0.228. The van der Waals surface area contributed by atoms with Crippen LogP contribution in [0, 0.1) is 0 Å². The van der Waals surface area contributed by atoms with Crippen LogP contribution in [0.4, 0.5) is 0 Å². The summed E-state index contributed by atoms with van der Waals surface area (Å²) in [4.78, 5) is 30.1. The number of carbonyl (C=O) groups excluding carboxylic acids is 1. The van der Waals surface area contributed by atoms with Gasteiger partial charge in [-0.15, -0.1) is 0 Å². The van der Waals surface area contributed by atoms with Crippen LogP contribution in [0.3, 0.4) is 0 Å². The average Bonchev–Trinajstić information content (AvgIpc) is 2.96. The van der Waals surface area contributed by atoms with Gasteiger partial charge in [-0.1, -0.05) is 30.3 Å². The minimum atomic E-state index is -1.18. The van der Waals surface area contributed by atoms with E-state index in [0.29, 0.717) is 21.2 Å². The molecule has 122 valence electrons. The van der Waals surface area contributed by atoms with Crippen LogP contribution in [0.2, 0.25) is 0 Å².